The minimum atomic E-state index is -3.45. The molecule has 1 rings (SSSR count). The number of rotatable bonds is 7. The van der Waals surface area contributed by atoms with E-state index < -0.39 is 10.0 Å². The Balaban J connectivity index is 3.08. The molecule has 6 heteroatoms. The van der Waals surface area contributed by atoms with Crippen molar-refractivity contribution in [1.82, 2.24) is 9.29 Å². The highest BCUT2D eigenvalue weighted by atomic mass is 32.2. The summed E-state index contributed by atoms with van der Waals surface area (Å²) in [5.41, 5.74) is 0. The maximum atomic E-state index is 12.5. The van der Waals surface area contributed by atoms with Crippen molar-refractivity contribution in [3.05, 3.63) is 18.3 Å². The van der Waals surface area contributed by atoms with Crippen LogP contribution in [0.1, 0.15) is 33.6 Å². The summed E-state index contributed by atoms with van der Waals surface area (Å²) in [4.78, 5) is 4.38. The van der Waals surface area contributed by atoms with E-state index in [1.807, 2.05) is 20.8 Å². The Bertz CT molecular complexity index is 498. The van der Waals surface area contributed by atoms with E-state index in [-0.39, 0.29) is 10.9 Å². The van der Waals surface area contributed by atoms with Crippen LogP contribution in [0.5, 0.6) is 0 Å². The summed E-state index contributed by atoms with van der Waals surface area (Å²) in [6.45, 7) is 6.64. The van der Waals surface area contributed by atoms with Crippen LogP contribution in [-0.2, 0) is 10.0 Å². The molecule has 0 fully saturated rings. The standard InChI is InChI=1S/C13H23N3O2S/c1-5-11(6-2)16(4)19(17,18)12-8-9-15-13(10-12)14-7-3/h8-11H,5-7H2,1-4H3,(H,14,15). The van der Waals surface area contributed by atoms with Crippen molar-refractivity contribution in [1.29, 1.82) is 0 Å². The van der Waals surface area contributed by atoms with Gasteiger partial charge < -0.3 is 5.32 Å². The summed E-state index contributed by atoms with van der Waals surface area (Å²) in [5.74, 6) is 0.585. The van der Waals surface area contributed by atoms with Gasteiger partial charge in [0.1, 0.15) is 5.82 Å². The van der Waals surface area contributed by atoms with Gasteiger partial charge in [0.2, 0.25) is 10.0 Å². The Labute approximate surface area is 116 Å². The molecule has 1 N–H and O–H groups in total. The van der Waals surface area contributed by atoms with Gasteiger partial charge in [-0.3, -0.25) is 0 Å². The van der Waals surface area contributed by atoms with Gasteiger partial charge in [-0.15, -0.1) is 0 Å². The minimum absolute atomic E-state index is 0.0285. The van der Waals surface area contributed by atoms with Crippen LogP contribution in [0.25, 0.3) is 0 Å². The molecule has 1 heterocycles. The smallest absolute Gasteiger partial charge is 0.243 e. The second kappa shape index (κ2) is 6.86. The van der Waals surface area contributed by atoms with Gasteiger partial charge >= 0.3 is 0 Å². The summed E-state index contributed by atoms with van der Waals surface area (Å²) in [5, 5.41) is 3.02. The van der Waals surface area contributed by atoms with E-state index >= 15 is 0 Å². The number of anilines is 1. The quantitative estimate of drug-likeness (QED) is 0.835. The molecule has 0 aliphatic rings. The van der Waals surface area contributed by atoms with E-state index in [1.54, 1.807) is 13.1 Å². The molecule has 0 saturated heterocycles. The lowest BCUT2D eigenvalue weighted by atomic mass is 10.2. The maximum absolute atomic E-state index is 12.5. The molecule has 0 amide bonds. The van der Waals surface area contributed by atoms with Gasteiger partial charge in [0.15, 0.2) is 0 Å². The van der Waals surface area contributed by atoms with E-state index in [9.17, 15) is 8.42 Å². The van der Waals surface area contributed by atoms with E-state index in [2.05, 4.69) is 10.3 Å². The number of pyridine rings is 1. The van der Waals surface area contributed by atoms with Gasteiger partial charge in [-0.1, -0.05) is 13.8 Å². The predicted molar refractivity (Wildman–Crippen MR) is 77.7 cm³/mol. The van der Waals surface area contributed by atoms with Crippen LogP contribution in [0.15, 0.2) is 23.2 Å². The molecule has 19 heavy (non-hydrogen) atoms. The highest BCUT2D eigenvalue weighted by Crippen LogP contribution is 2.20. The zero-order chi connectivity index (χ0) is 14.5. The Kier molecular flexibility index (Phi) is 5.75. The van der Waals surface area contributed by atoms with Gasteiger partial charge in [0.05, 0.1) is 4.90 Å². The van der Waals surface area contributed by atoms with Crippen molar-refractivity contribution in [3.8, 4) is 0 Å². The van der Waals surface area contributed by atoms with Crippen molar-refractivity contribution >= 4 is 15.8 Å². The van der Waals surface area contributed by atoms with E-state index in [1.165, 1.54) is 16.6 Å². The van der Waals surface area contributed by atoms with Crippen LogP contribution in [0, 0.1) is 0 Å². The zero-order valence-corrected chi connectivity index (χ0v) is 12.9. The summed E-state index contributed by atoms with van der Waals surface area (Å²) in [6.07, 6.45) is 3.13. The van der Waals surface area contributed by atoms with Crippen LogP contribution < -0.4 is 5.32 Å². The molecule has 0 aromatic carbocycles. The van der Waals surface area contributed by atoms with Crippen LogP contribution >= 0.6 is 0 Å². The fourth-order valence-corrected chi connectivity index (χ4v) is 3.53. The van der Waals surface area contributed by atoms with Gasteiger partial charge in [-0.25, -0.2) is 13.4 Å². The molecule has 0 radical (unpaired) electrons. The van der Waals surface area contributed by atoms with Crippen molar-refractivity contribution in [2.75, 3.05) is 18.9 Å². The number of hydrogen-bond acceptors (Lipinski definition) is 4. The van der Waals surface area contributed by atoms with Gasteiger partial charge in [0.25, 0.3) is 0 Å². The third-order valence-electron chi connectivity index (χ3n) is 3.22. The fourth-order valence-electron chi connectivity index (χ4n) is 2.01. The van der Waals surface area contributed by atoms with E-state index in [0.717, 1.165) is 12.8 Å². The Hall–Kier alpha value is -1.14. The average molecular weight is 285 g/mol. The summed E-state index contributed by atoms with van der Waals surface area (Å²) in [7, 11) is -1.81. The molecule has 108 valence electrons. The lowest BCUT2D eigenvalue weighted by Gasteiger charge is -2.25. The number of aromatic nitrogens is 1. The second-order valence-corrected chi connectivity index (χ2v) is 6.40. The molecule has 0 spiro atoms. The van der Waals surface area contributed by atoms with Crippen molar-refractivity contribution in [3.63, 3.8) is 0 Å². The lowest BCUT2D eigenvalue weighted by molar-refractivity contribution is 0.349. The highest BCUT2D eigenvalue weighted by molar-refractivity contribution is 7.89. The summed E-state index contributed by atoms with van der Waals surface area (Å²) >= 11 is 0. The molecule has 5 nitrogen and oxygen atoms in total. The number of nitrogens with zero attached hydrogens (tertiary/aromatic N) is 2. The largest absolute Gasteiger partial charge is 0.370 e. The summed E-state index contributed by atoms with van der Waals surface area (Å²) < 4.78 is 26.5. The van der Waals surface area contributed by atoms with Gasteiger partial charge in [-0.2, -0.15) is 4.31 Å². The zero-order valence-electron chi connectivity index (χ0n) is 12.0. The monoisotopic (exact) mass is 285 g/mol. The van der Waals surface area contributed by atoms with E-state index in [4.69, 9.17) is 0 Å². The normalized spacial score (nSPS) is 12.1. The first-order chi connectivity index (χ1) is 8.97. The first-order valence-corrected chi connectivity index (χ1v) is 8.09. The molecule has 0 aliphatic heterocycles. The molecule has 1 aromatic heterocycles. The predicted octanol–water partition coefficient (Wildman–Crippen LogP) is 2.32. The van der Waals surface area contributed by atoms with Crippen LogP contribution in [0.3, 0.4) is 0 Å². The first kappa shape index (κ1) is 15.9. The van der Waals surface area contributed by atoms with Crippen LogP contribution in [-0.4, -0.2) is 37.3 Å². The molecule has 0 atom stereocenters. The van der Waals surface area contributed by atoms with Crippen molar-refractivity contribution in [2.45, 2.75) is 44.6 Å². The molecular weight excluding hydrogens is 262 g/mol. The average Bonchev–Trinajstić information content (AvgIpc) is 2.40. The first-order valence-electron chi connectivity index (χ1n) is 6.65. The topological polar surface area (TPSA) is 62.3 Å². The third-order valence-corrected chi connectivity index (χ3v) is 5.13. The number of nitrogens with one attached hydrogen (secondary N) is 1. The second-order valence-electron chi connectivity index (χ2n) is 4.40. The van der Waals surface area contributed by atoms with Gasteiger partial charge in [0, 0.05) is 31.9 Å². The van der Waals surface area contributed by atoms with Crippen molar-refractivity contribution < 1.29 is 8.42 Å². The van der Waals surface area contributed by atoms with Crippen molar-refractivity contribution in [2.24, 2.45) is 0 Å². The Morgan fingerprint density at radius 2 is 1.95 bits per heavy atom. The Morgan fingerprint density at radius 3 is 2.47 bits per heavy atom. The van der Waals surface area contributed by atoms with E-state index in [0.29, 0.717) is 12.4 Å². The fraction of sp³-hybridized carbons (Fsp3) is 0.615. The molecule has 0 saturated carbocycles. The number of hydrogen-bond donors (Lipinski definition) is 1. The third kappa shape index (κ3) is 3.67. The number of sulfonamides is 1. The maximum Gasteiger partial charge on any atom is 0.243 e. The van der Waals surface area contributed by atoms with Gasteiger partial charge in [-0.05, 0) is 25.8 Å². The summed E-state index contributed by atoms with van der Waals surface area (Å²) in [6, 6.07) is 3.15. The highest BCUT2D eigenvalue weighted by Gasteiger charge is 2.26. The lowest BCUT2D eigenvalue weighted by Crippen LogP contribution is -2.36. The molecule has 0 bridgehead atoms. The Morgan fingerprint density at radius 1 is 1.32 bits per heavy atom. The van der Waals surface area contributed by atoms with Crippen LogP contribution in [0.2, 0.25) is 0 Å². The molecule has 1 aromatic rings. The van der Waals surface area contributed by atoms with Crippen LogP contribution in [0.4, 0.5) is 5.82 Å². The minimum Gasteiger partial charge on any atom is -0.370 e. The molecular formula is C13H23N3O2S. The molecule has 0 unspecified atom stereocenters. The SMILES string of the molecule is CCNc1cc(S(=O)(=O)N(C)C(CC)CC)ccn1. The molecule has 0 aliphatic carbocycles.